The van der Waals surface area contributed by atoms with Crippen LogP contribution in [0.25, 0.3) is 0 Å². The van der Waals surface area contributed by atoms with Crippen LogP contribution in [0.15, 0.2) is 22.7 Å². The van der Waals surface area contributed by atoms with Crippen LogP contribution in [0.1, 0.15) is 61.9 Å². The molecule has 7 nitrogen and oxygen atoms in total. The Balaban J connectivity index is 1.51. The van der Waals surface area contributed by atoms with Crippen LogP contribution in [0.5, 0.6) is 0 Å². The van der Waals surface area contributed by atoms with Crippen LogP contribution in [-0.4, -0.2) is 39.4 Å². The van der Waals surface area contributed by atoms with Gasteiger partial charge in [-0.1, -0.05) is 13.8 Å². The Labute approximate surface area is 165 Å². The molecule has 0 aromatic carbocycles. The zero-order chi connectivity index (χ0) is 19.7. The van der Waals surface area contributed by atoms with Crippen molar-refractivity contribution in [2.75, 3.05) is 18.0 Å². The molecule has 2 aromatic rings. The lowest BCUT2D eigenvalue weighted by molar-refractivity contribution is 0.145. The van der Waals surface area contributed by atoms with Crippen LogP contribution < -0.4 is 10.2 Å². The number of furan rings is 1. The summed E-state index contributed by atoms with van der Waals surface area (Å²) in [6.07, 6.45) is 5.25. The summed E-state index contributed by atoms with van der Waals surface area (Å²) in [6, 6.07) is 3.87. The van der Waals surface area contributed by atoms with Gasteiger partial charge in [0, 0.05) is 30.9 Å². The Hall–Kier alpha value is -1.96. The summed E-state index contributed by atoms with van der Waals surface area (Å²) < 4.78 is 5.60. The molecule has 1 aliphatic carbocycles. The molecule has 7 heteroatoms. The van der Waals surface area contributed by atoms with E-state index in [1.807, 2.05) is 12.3 Å². The summed E-state index contributed by atoms with van der Waals surface area (Å²) in [5.74, 6) is 2.18. The Kier molecular flexibility index (Phi) is 5.40. The molecule has 0 saturated carbocycles. The molecule has 2 aromatic heterocycles. The number of nitrogens with zero attached hydrogens (tertiary/aromatic N) is 3. The quantitative estimate of drug-likeness (QED) is 0.726. The van der Waals surface area contributed by atoms with Crippen LogP contribution >= 0.6 is 0 Å². The molecule has 1 saturated heterocycles. The molecule has 1 aliphatic heterocycles. The lowest BCUT2D eigenvalue weighted by Gasteiger charge is -2.37. The van der Waals surface area contributed by atoms with Crippen molar-refractivity contribution in [2.45, 2.75) is 64.8 Å². The van der Waals surface area contributed by atoms with E-state index in [0.717, 1.165) is 61.7 Å². The van der Waals surface area contributed by atoms with E-state index in [1.54, 1.807) is 6.07 Å². The average Bonchev–Trinajstić information content (AvgIpc) is 3.13. The zero-order valence-corrected chi connectivity index (χ0v) is 16.7. The summed E-state index contributed by atoms with van der Waals surface area (Å²) in [6.45, 7) is 6.68. The monoisotopic (exact) mass is 386 g/mol. The van der Waals surface area contributed by atoms with Crippen molar-refractivity contribution in [2.24, 2.45) is 5.41 Å². The number of fused-ring (bicyclic) bond motifs is 1. The Bertz CT molecular complexity index is 812. The van der Waals surface area contributed by atoms with Gasteiger partial charge in [-0.2, -0.15) is 0 Å². The number of hydrogen-bond acceptors (Lipinski definition) is 7. The smallest absolute Gasteiger partial charge is 0.225 e. The molecule has 4 rings (SSSR count). The molecule has 1 atom stereocenters. The molecule has 28 heavy (non-hydrogen) atoms. The van der Waals surface area contributed by atoms with Gasteiger partial charge in [-0.05, 0) is 43.2 Å². The van der Waals surface area contributed by atoms with Gasteiger partial charge in [0.1, 0.15) is 18.1 Å². The predicted molar refractivity (Wildman–Crippen MR) is 106 cm³/mol. The fourth-order valence-electron chi connectivity index (χ4n) is 4.26. The van der Waals surface area contributed by atoms with Crippen LogP contribution in [0, 0.1) is 5.41 Å². The number of anilines is 1. The van der Waals surface area contributed by atoms with E-state index in [4.69, 9.17) is 14.5 Å². The number of nitrogens with one attached hydrogen (secondary N) is 1. The highest BCUT2D eigenvalue weighted by atomic mass is 16.4. The van der Waals surface area contributed by atoms with Gasteiger partial charge in [-0.25, -0.2) is 9.97 Å². The van der Waals surface area contributed by atoms with Crippen molar-refractivity contribution < 1.29 is 14.6 Å². The van der Waals surface area contributed by atoms with Gasteiger partial charge < -0.3 is 24.8 Å². The molecule has 3 N–H and O–H groups in total. The van der Waals surface area contributed by atoms with Gasteiger partial charge in [-0.15, -0.1) is 0 Å². The largest absolute Gasteiger partial charge is 0.462 e. The van der Waals surface area contributed by atoms with Gasteiger partial charge in [0.2, 0.25) is 5.95 Å². The first-order valence-corrected chi connectivity index (χ1v) is 10.1. The lowest BCUT2D eigenvalue weighted by atomic mass is 9.74. The topological polar surface area (TPSA) is 94.7 Å². The van der Waals surface area contributed by atoms with Crippen molar-refractivity contribution in [1.82, 2.24) is 15.3 Å². The molecule has 152 valence electrons. The molecule has 0 unspecified atom stereocenters. The van der Waals surface area contributed by atoms with E-state index in [9.17, 15) is 5.11 Å². The molecular weight excluding hydrogens is 356 g/mol. The van der Waals surface area contributed by atoms with Crippen molar-refractivity contribution in [3.05, 3.63) is 41.1 Å². The van der Waals surface area contributed by atoms with Gasteiger partial charge in [0.25, 0.3) is 0 Å². The molecule has 0 radical (unpaired) electrons. The van der Waals surface area contributed by atoms with Crippen molar-refractivity contribution in [3.63, 3.8) is 0 Å². The maximum Gasteiger partial charge on any atom is 0.225 e. The standard InChI is InChI=1S/C21H30N4O3/c1-21(2)9-18(22-11-15-3-4-16(13-26)28-15)17-12-23-20(24-19(17)10-21)25-7-5-14(27)6-8-25/h3-4,12,14,18,22,26-27H,5-11,13H2,1-2H3/t18-/m0/s1. The van der Waals surface area contributed by atoms with Crippen molar-refractivity contribution >= 4 is 5.95 Å². The number of aliphatic hydroxyl groups excluding tert-OH is 2. The third kappa shape index (κ3) is 4.21. The normalized spacial score (nSPS) is 22.3. The number of hydrogen-bond donors (Lipinski definition) is 3. The number of aliphatic hydroxyl groups is 2. The van der Waals surface area contributed by atoms with Crippen molar-refractivity contribution in [3.8, 4) is 0 Å². The first-order chi connectivity index (χ1) is 13.4. The summed E-state index contributed by atoms with van der Waals surface area (Å²) in [5.41, 5.74) is 2.42. The SMILES string of the molecule is CC1(C)Cc2nc(N3CCC(O)CC3)ncc2[C@@H](NCc2ccc(CO)o2)C1. The minimum absolute atomic E-state index is 0.0799. The lowest BCUT2D eigenvalue weighted by Crippen LogP contribution is -2.38. The second-order valence-corrected chi connectivity index (χ2v) is 8.79. The second kappa shape index (κ2) is 7.81. The highest BCUT2D eigenvalue weighted by Crippen LogP contribution is 2.40. The highest BCUT2D eigenvalue weighted by molar-refractivity contribution is 5.37. The maximum absolute atomic E-state index is 9.74. The van der Waals surface area contributed by atoms with E-state index >= 15 is 0 Å². The van der Waals surface area contributed by atoms with Gasteiger partial charge in [-0.3, -0.25) is 0 Å². The molecule has 0 spiro atoms. The summed E-state index contributed by atoms with van der Waals surface area (Å²) >= 11 is 0. The molecular formula is C21H30N4O3. The first kappa shape index (κ1) is 19.4. The average molecular weight is 386 g/mol. The predicted octanol–water partition coefficient (Wildman–Crippen LogP) is 2.33. The van der Waals surface area contributed by atoms with Crippen LogP contribution in [0.4, 0.5) is 5.95 Å². The number of piperidine rings is 1. The number of aromatic nitrogens is 2. The first-order valence-electron chi connectivity index (χ1n) is 10.1. The maximum atomic E-state index is 9.74. The highest BCUT2D eigenvalue weighted by Gasteiger charge is 2.34. The zero-order valence-electron chi connectivity index (χ0n) is 16.7. The second-order valence-electron chi connectivity index (χ2n) is 8.79. The fraction of sp³-hybridized carbons (Fsp3) is 0.619. The Morgan fingerprint density at radius 2 is 2.00 bits per heavy atom. The summed E-state index contributed by atoms with van der Waals surface area (Å²) in [7, 11) is 0. The summed E-state index contributed by atoms with van der Waals surface area (Å²) in [4.78, 5) is 11.7. The van der Waals surface area contributed by atoms with Gasteiger partial charge in [0.15, 0.2) is 0 Å². The van der Waals surface area contributed by atoms with E-state index in [2.05, 4.69) is 29.0 Å². The third-order valence-corrected chi connectivity index (χ3v) is 5.81. The van der Waals surface area contributed by atoms with E-state index in [0.29, 0.717) is 12.3 Å². The minimum Gasteiger partial charge on any atom is -0.462 e. The van der Waals surface area contributed by atoms with E-state index in [1.165, 1.54) is 0 Å². The van der Waals surface area contributed by atoms with Crippen LogP contribution in [-0.2, 0) is 19.6 Å². The van der Waals surface area contributed by atoms with Gasteiger partial charge in [0.05, 0.1) is 18.3 Å². The van der Waals surface area contributed by atoms with E-state index < -0.39 is 0 Å². The van der Waals surface area contributed by atoms with Crippen LogP contribution in [0.3, 0.4) is 0 Å². The van der Waals surface area contributed by atoms with Crippen LogP contribution in [0.2, 0.25) is 0 Å². The molecule has 0 bridgehead atoms. The number of rotatable bonds is 5. The molecule has 0 amide bonds. The summed E-state index contributed by atoms with van der Waals surface area (Å²) in [5, 5.41) is 22.5. The van der Waals surface area contributed by atoms with E-state index in [-0.39, 0.29) is 24.2 Å². The fourth-order valence-corrected chi connectivity index (χ4v) is 4.26. The Morgan fingerprint density at radius 1 is 1.25 bits per heavy atom. The van der Waals surface area contributed by atoms with Crippen molar-refractivity contribution in [1.29, 1.82) is 0 Å². The third-order valence-electron chi connectivity index (χ3n) is 5.81. The molecule has 1 fully saturated rings. The molecule has 2 aliphatic rings. The van der Waals surface area contributed by atoms with Gasteiger partial charge >= 0.3 is 0 Å². The minimum atomic E-state index is -0.200. The Morgan fingerprint density at radius 3 is 2.71 bits per heavy atom. The molecule has 3 heterocycles.